The molecule has 216 valence electrons. The number of sulfonamides is 1. The molecule has 2 N–H and O–H groups in total. The molecule has 1 heterocycles. The molecule has 14 heteroatoms. The van der Waals surface area contributed by atoms with Crippen LogP contribution in [0.25, 0.3) is 10.6 Å². The lowest BCUT2D eigenvalue weighted by atomic mass is 9.71. The van der Waals surface area contributed by atoms with Crippen molar-refractivity contribution in [3.8, 4) is 16.3 Å². The second-order valence-electron chi connectivity index (χ2n) is 10.3. The molecular weight excluding hydrogens is 579 g/mol. The van der Waals surface area contributed by atoms with E-state index < -0.39 is 61.2 Å². The van der Waals surface area contributed by atoms with Crippen LogP contribution < -0.4 is 9.46 Å². The summed E-state index contributed by atoms with van der Waals surface area (Å²) in [5, 5.41) is 8.93. The average Bonchev–Trinajstić information content (AvgIpc) is 3.34. The van der Waals surface area contributed by atoms with E-state index >= 15 is 4.39 Å². The first-order chi connectivity index (χ1) is 18.5. The standard InChI is InChI=1S/C26H25F5N2O5S2/c1-25(2)6-4-13(5-7-25)14-8-17(26(29,30)31)15(9-18(14)27)23-32-22(12-39-23)40(36,37)33-20-11-19(28)16(24(34)35)10-21(20)38-3/h8-13,33H,4-7H2,1-3H3,(H,34,35). The second-order valence-corrected chi connectivity index (χ2v) is 12.8. The van der Waals surface area contributed by atoms with Crippen molar-refractivity contribution >= 4 is 33.0 Å². The van der Waals surface area contributed by atoms with Crippen molar-refractivity contribution in [2.24, 2.45) is 5.41 Å². The van der Waals surface area contributed by atoms with E-state index in [1.165, 1.54) is 0 Å². The van der Waals surface area contributed by atoms with Gasteiger partial charge in [0.25, 0.3) is 10.0 Å². The van der Waals surface area contributed by atoms with Crippen molar-refractivity contribution in [1.82, 2.24) is 4.98 Å². The summed E-state index contributed by atoms with van der Waals surface area (Å²) >= 11 is 0.560. The smallest absolute Gasteiger partial charge is 0.417 e. The molecule has 2 aromatic carbocycles. The van der Waals surface area contributed by atoms with Crippen molar-refractivity contribution in [2.75, 3.05) is 11.8 Å². The first-order valence-electron chi connectivity index (χ1n) is 12.0. The number of thiazole rings is 1. The number of methoxy groups -OCH3 is 1. The fourth-order valence-corrected chi connectivity index (χ4v) is 6.88. The number of nitrogens with one attached hydrogen (secondary N) is 1. The summed E-state index contributed by atoms with van der Waals surface area (Å²) < 4.78 is 105. The lowest BCUT2D eigenvalue weighted by molar-refractivity contribution is -0.137. The zero-order valence-corrected chi connectivity index (χ0v) is 23.2. The van der Waals surface area contributed by atoms with E-state index in [-0.39, 0.29) is 27.7 Å². The molecule has 0 aliphatic heterocycles. The van der Waals surface area contributed by atoms with E-state index in [0.717, 1.165) is 43.5 Å². The van der Waals surface area contributed by atoms with Crippen LogP contribution in [0.4, 0.5) is 27.6 Å². The molecule has 1 fully saturated rings. The van der Waals surface area contributed by atoms with Crippen LogP contribution in [0.3, 0.4) is 0 Å². The summed E-state index contributed by atoms with van der Waals surface area (Å²) in [7, 11) is -3.50. The van der Waals surface area contributed by atoms with E-state index in [0.29, 0.717) is 30.2 Å². The summed E-state index contributed by atoms with van der Waals surface area (Å²) in [6, 6.07) is 2.90. The van der Waals surface area contributed by atoms with Gasteiger partial charge in [-0.15, -0.1) is 11.3 Å². The summed E-state index contributed by atoms with van der Waals surface area (Å²) in [6.07, 6.45) is -2.29. The Labute approximate surface area is 231 Å². The van der Waals surface area contributed by atoms with Gasteiger partial charge < -0.3 is 9.84 Å². The van der Waals surface area contributed by atoms with Crippen molar-refractivity contribution in [3.05, 3.63) is 58.0 Å². The molecule has 1 aliphatic carbocycles. The number of benzene rings is 2. The van der Waals surface area contributed by atoms with Crippen molar-refractivity contribution in [2.45, 2.75) is 56.7 Å². The topological polar surface area (TPSA) is 106 Å². The number of carboxylic acid groups (broad SMARTS) is 1. The third kappa shape index (κ3) is 6.07. The number of nitrogens with zero attached hydrogens (tertiary/aromatic N) is 1. The summed E-state index contributed by atoms with van der Waals surface area (Å²) in [6.45, 7) is 4.12. The van der Waals surface area contributed by atoms with Gasteiger partial charge >= 0.3 is 12.1 Å². The number of anilines is 1. The lowest BCUT2D eigenvalue weighted by Crippen LogP contribution is -2.21. The number of alkyl halides is 3. The molecule has 0 bridgehead atoms. The monoisotopic (exact) mass is 604 g/mol. The molecule has 0 atom stereocenters. The van der Waals surface area contributed by atoms with Crippen LogP contribution in [-0.4, -0.2) is 31.6 Å². The van der Waals surface area contributed by atoms with Crippen molar-refractivity contribution in [1.29, 1.82) is 0 Å². The molecule has 0 amide bonds. The van der Waals surface area contributed by atoms with Crippen molar-refractivity contribution < 1.29 is 45.0 Å². The molecule has 0 radical (unpaired) electrons. The van der Waals surface area contributed by atoms with E-state index in [1.54, 1.807) is 0 Å². The normalized spacial score (nSPS) is 16.1. The van der Waals surface area contributed by atoms with E-state index in [2.05, 4.69) is 18.8 Å². The minimum Gasteiger partial charge on any atom is -0.495 e. The van der Waals surface area contributed by atoms with Gasteiger partial charge in [-0.05, 0) is 60.8 Å². The minimum absolute atomic E-state index is 0.0310. The van der Waals surface area contributed by atoms with Crippen molar-refractivity contribution in [3.63, 3.8) is 0 Å². The lowest BCUT2D eigenvalue weighted by Gasteiger charge is -2.35. The number of hydrogen-bond acceptors (Lipinski definition) is 6. The number of carboxylic acids is 1. The highest BCUT2D eigenvalue weighted by Gasteiger charge is 2.38. The zero-order chi connectivity index (χ0) is 29.6. The summed E-state index contributed by atoms with van der Waals surface area (Å²) in [5.41, 5.74) is -2.96. The number of hydrogen-bond donors (Lipinski definition) is 2. The van der Waals surface area contributed by atoms with Crippen LogP contribution in [-0.2, 0) is 16.2 Å². The van der Waals surface area contributed by atoms with Crippen LogP contribution in [0.15, 0.2) is 34.7 Å². The molecule has 0 unspecified atom stereocenters. The Morgan fingerprint density at radius 2 is 1.77 bits per heavy atom. The number of aromatic carboxylic acids is 1. The highest BCUT2D eigenvalue weighted by molar-refractivity contribution is 7.92. The summed E-state index contributed by atoms with van der Waals surface area (Å²) in [4.78, 5) is 15.0. The molecule has 0 saturated heterocycles. The van der Waals surface area contributed by atoms with Crippen LogP contribution in [0.5, 0.6) is 5.75 Å². The van der Waals surface area contributed by atoms with Gasteiger partial charge in [-0.3, -0.25) is 4.72 Å². The Balaban J connectivity index is 1.70. The maximum Gasteiger partial charge on any atom is 0.417 e. The SMILES string of the molecule is COc1cc(C(=O)O)c(F)cc1NS(=O)(=O)c1csc(-c2cc(F)c(C3CCC(C)(C)CC3)cc2C(F)(F)F)n1. The van der Waals surface area contributed by atoms with Gasteiger partial charge in [-0.25, -0.2) is 18.6 Å². The third-order valence-electron chi connectivity index (χ3n) is 6.97. The molecule has 7 nitrogen and oxygen atoms in total. The molecule has 40 heavy (non-hydrogen) atoms. The van der Waals surface area contributed by atoms with Crippen LogP contribution in [0.2, 0.25) is 0 Å². The van der Waals surface area contributed by atoms with E-state index in [1.807, 2.05) is 4.72 Å². The zero-order valence-electron chi connectivity index (χ0n) is 21.5. The molecule has 3 aromatic rings. The third-order valence-corrected chi connectivity index (χ3v) is 9.25. The number of halogens is 5. The molecular formula is C26H25F5N2O5S2. The second kappa shape index (κ2) is 10.6. The van der Waals surface area contributed by atoms with Gasteiger partial charge in [-0.1, -0.05) is 13.8 Å². The fraction of sp³-hybridized carbons (Fsp3) is 0.385. The quantitative estimate of drug-likeness (QED) is 0.274. The van der Waals surface area contributed by atoms with E-state index in [9.17, 15) is 30.8 Å². The Bertz CT molecular complexity index is 1560. The van der Waals surface area contributed by atoms with Gasteiger partial charge in [0.1, 0.15) is 22.4 Å². The van der Waals surface area contributed by atoms with Gasteiger partial charge in [0, 0.05) is 17.0 Å². The van der Waals surface area contributed by atoms with E-state index in [4.69, 9.17) is 9.84 Å². The summed E-state index contributed by atoms with van der Waals surface area (Å²) in [5.74, 6) is -4.38. The largest absolute Gasteiger partial charge is 0.495 e. The Hall–Kier alpha value is -3.26. The molecule has 4 rings (SSSR count). The number of aromatic nitrogens is 1. The Kier molecular flexibility index (Phi) is 7.89. The van der Waals surface area contributed by atoms with Crippen LogP contribution in [0.1, 0.15) is 66.9 Å². The first kappa shape index (κ1) is 29.7. The number of rotatable bonds is 7. The van der Waals surface area contributed by atoms with Gasteiger partial charge in [0.05, 0.1) is 23.9 Å². The number of carbonyl (C=O) groups is 1. The maximum atomic E-state index is 15.2. The predicted molar refractivity (Wildman–Crippen MR) is 138 cm³/mol. The molecule has 1 saturated carbocycles. The molecule has 0 spiro atoms. The fourth-order valence-electron chi connectivity index (χ4n) is 4.69. The molecule has 1 aromatic heterocycles. The van der Waals surface area contributed by atoms with Gasteiger partial charge in [0.2, 0.25) is 0 Å². The predicted octanol–water partition coefficient (Wildman–Crippen LogP) is 7.30. The Morgan fingerprint density at radius 1 is 1.12 bits per heavy atom. The van der Waals surface area contributed by atoms with Gasteiger partial charge in [-0.2, -0.15) is 21.6 Å². The highest BCUT2D eigenvalue weighted by atomic mass is 32.2. The van der Waals surface area contributed by atoms with Gasteiger partial charge in [0.15, 0.2) is 5.03 Å². The van der Waals surface area contributed by atoms with Crippen LogP contribution >= 0.6 is 11.3 Å². The van der Waals surface area contributed by atoms with Crippen LogP contribution in [0, 0.1) is 17.0 Å². The molecule has 1 aliphatic rings. The average molecular weight is 605 g/mol. The Morgan fingerprint density at radius 3 is 2.35 bits per heavy atom. The first-order valence-corrected chi connectivity index (χ1v) is 14.4. The maximum absolute atomic E-state index is 15.2. The minimum atomic E-state index is -4.87. The number of ether oxygens (including phenoxy) is 1. The highest BCUT2D eigenvalue weighted by Crippen LogP contribution is 2.46.